The van der Waals surface area contributed by atoms with Gasteiger partial charge in [-0.05, 0) is 31.0 Å². The maximum atomic E-state index is 12.9. The van der Waals surface area contributed by atoms with Crippen LogP contribution in [0.1, 0.15) is 41.7 Å². The molecule has 3 rings (SSSR count). The molecule has 0 spiro atoms. The number of ether oxygens (including phenoxy) is 1. The smallest absolute Gasteiger partial charge is 0.326 e. The first kappa shape index (κ1) is 22.8. The summed E-state index contributed by atoms with van der Waals surface area (Å²) in [5, 5.41) is 17.4. The SMILES string of the molecule is C[C@H]1COc2ccccc2C(=O)N[C@H](C(=O)O)CCC(=O)N[C@@H](c2ccccc2)C(=O)N1. The zero-order valence-electron chi connectivity index (χ0n) is 17.5. The number of amides is 3. The second kappa shape index (κ2) is 10.4. The van der Waals surface area contributed by atoms with Gasteiger partial charge in [0.1, 0.15) is 24.4 Å². The highest BCUT2D eigenvalue weighted by Gasteiger charge is 2.27. The first-order valence-electron chi connectivity index (χ1n) is 10.3. The van der Waals surface area contributed by atoms with Gasteiger partial charge in [0.25, 0.3) is 5.91 Å². The number of benzene rings is 2. The van der Waals surface area contributed by atoms with E-state index in [9.17, 15) is 24.3 Å². The summed E-state index contributed by atoms with van der Waals surface area (Å²) in [7, 11) is 0. The van der Waals surface area contributed by atoms with E-state index in [1.54, 1.807) is 55.5 Å². The van der Waals surface area contributed by atoms with Crippen molar-refractivity contribution in [1.29, 1.82) is 0 Å². The van der Waals surface area contributed by atoms with E-state index in [2.05, 4.69) is 16.0 Å². The van der Waals surface area contributed by atoms with E-state index in [-0.39, 0.29) is 30.8 Å². The molecule has 9 nitrogen and oxygen atoms in total. The molecule has 4 N–H and O–H groups in total. The summed E-state index contributed by atoms with van der Waals surface area (Å²) < 4.78 is 5.74. The van der Waals surface area contributed by atoms with Crippen LogP contribution in [-0.2, 0) is 14.4 Å². The van der Waals surface area contributed by atoms with Crippen LogP contribution in [0.3, 0.4) is 0 Å². The molecule has 0 saturated carbocycles. The Hall–Kier alpha value is -3.88. The monoisotopic (exact) mass is 439 g/mol. The van der Waals surface area contributed by atoms with Crippen molar-refractivity contribution >= 4 is 23.7 Å². The Morgan fingerprint density at radius 1 is 0.969 bits per heavy atom. The van der Waals surface area contributed by atoms with Gasteiger partial charge in [0.2, 0.25) is 11.8 Å². The molecule has 1 aliphatic heterocycles. The molecule has 168 valence electrons. The summed E-state index contributed by atoms with van der Waals surface area (Å²) in [6.07, 6.45) is -0.336. The molecule has 2 aromatic rings. The quantitative estimate of drug-likeness (QED) is 0.559. The predicted octanol–water partition coefficient (Wildman–Crippen LogP) is 1.40. The van der Waals surface area contributed by atoms with E-state index < -0.39 is 41.8 Å². The molecule has 32 heavy (non-hydrogen) atoms. The molecule has 0 aromatic heterocycles. The van der Waals surface area contributed by atoms with E-state index in [0.29, 0.717) is 5.56 Å². The van der Waals surface area contributed by atoms with Crippen molar-refractivity contribution in [3.05, 3.63) is 65.7 Å². The van der Waals surface area contributed by atoms with Crippen LogP contribution < -0.4 is 20.7 Å². The van der Waals surface area contributed by atoms with Crippen molar-refractivity contribution in [2.75, 3.05) is 6.61 Å². The Bertz CT molecular complexity index is 994. The number of aliphatic carboxylic acids is 1. The lowest BCUT2D eigenvalue weighted by Crippen LogP contribution is -2.45. The topological polar surface area (TPSA) is 134 Å². The van der Waals surface area contributed by atoms with Gasteiger partial charge in [-0.1, -0.05) is 42.5 Å². The second-order valence-electron chi connectivity index (χ2n) is 7.53. The van der Waals surface area contributed by atoms with Gasteiger partial charge in [0.15, 0.2) is 0 Å². The van der Waals surface area contributed by atoms with Crippen LogP contribution in [0.5, 0.6) is 5.75 Å². The zero-order chi connectivity index (χ0) is 23.1. The van der Waals surface area contributed by atoms with Crippen LogP contribution >= 0.6 is 0 Å². The summed E-state index contributed by atoms with van der Waals surface area (Å²) in [6.45, 7) is 1.80. The second-order valence-corrected chi connectivity index (χ2v) is 7.53. The largest absolute Gasteiger partial charge is 0.491 e. The van der Waals surface area contributed by atoms with Crippen molar-refractivity contribution in [3.63, 3.8) is 0 Å². The molecule has 1 heterocycles. The molecule has 0 fully saturated rings. The Morgan fingerprint density at radius 3 is 2.38 bits per heavy atom. The predicted molar refractivity (Wildman–Crippen MR) is 115 cm³/mol. The average molecular weight is 439 g/mol. The maximum Gasteiger partial charge on any atom is 0.326 e. The van der Waals surface area contributed by atoms with Gasteiger partial charge in [-0.2, -0.15) is 0 Å². The van der Waals surface area contributed by atoms with Gasteiger partial charge in [0, 0.05) is 6.42 Å². The molecule has 3 atom stereocenters. The minimum Gasteiger partial charge on any atom is -0.491 e. The number of nitrogens with one attached hydrogen (secondary N) is 3. The van der Waals surface area contributed by atoms with Gasteiger partial charge in [-0.25, -0.2) is 4.79 Å². The molecule has 9 heteroatoms. The van der Waals surface area contributed by atoms with Crippen LogP contribution in [0.25, 0.3) is 0 Å². The molecular formula is C23H25N3O6. The van der Waals surface area contributed by atoms with E-state index >= 15 is 0 Å². The third kappa shape index (κ3) is 5.84. The van der Waals surface area contributed by atoms with Crippen LogP contribution in [0.15, 0.2) is 54.6 Å². The highest BCUT2D eigenvalue weighted by Crippen LogP contribution is 2.19. The van der Waals surface area contributed by atoms with E-state index in [1.165, 1.54) is 6.07 Å². The zero-order valence-corrected chi connectivity index (χ0v) is 17.5. The number of fused-ring (bicyclic) bond motifs is 1. The highest BCUT2D eigenvalue weighted by atomic mass is 16.5. The van der Waals surface area contributed by atoms with Gasteiger partial charge in [-0.3, -0.25) is 14.4 Å². The number of para-hydroxylation sites is 1. The van der Waals surface area contributed by atoms with Gasteiger partial charge in [-0.15, -0.1) is 0 Å². The van der Waals surface area contributed by atoms with Crippen molar-refractivity contribution in [2.45, 2.75) is 37.9 Å². The molecular weight excluding hydrogens is 414 g/mol. The first-order valence-corrected chi connectivity index (χ1v) is 10.3. The summed E-state index contributed by atoms with van der Waals surface area (Å²) in [5.41, 5.74) is 0.753. The lowest BCUT2D eigenvalue weighted by molar-refractivity contribution is -0.139. The average Bonchev–Trinajstić information content (AvgIpc) is 2.78. The number of hydrogen-bond acceptors (Lipinski definition) is 5. The minimum atomic E-state index is -1.28. The highest BCUT2D eigenvalue weighted by molar-refractivity contribution is 5.99. The third-order valence-corrected chi connectivity index (χ3v) is 4.97. The van der Waals surface area contributed by atoms with Crippen LogP contribution in [0.2, 0.25) is 0 Å². The number of carboxylic acids is 1. The summed E-state index contributed by atoms with van der Waals surface area (Å²) >= 11 is 0. The minimum absolute atomic E-state index is 0.0633. The molecule has 0 bridgehead atoms. The van der Waals surface area contributed by atoms with Crippen molar-refractivity contribution < 1.29 is 29.0 Å². The summed E-state index contributed by atoms with van der Waals surface area (Å²) in [4.78, 5) is 49.8. The van der Waals surface area contributed by atoms with E-state index in [1.807, 2.05) is 0 Å². The Balaban J connectivity index is 1.90. The number of rotatable bonds is 2. The Labute approximate surface area is 185 Å². The Morgan fingerprint density at radius 2 is 1.66 bits per heavy atom. The van der Waals surface area contributed by atoms with Gasteiger partial charge >= 0.3 is 5.97 Å². The van der Waals surface area contributed by atoms with Crippen molar-refractivity contribution in [3.8, 4) is 5.75 Å². The Kier molecular flexibility index (Phi) is 7.43. The molecule has 2 aromatic carbocycles. The number of carbonyl (C=O) groups excluding carboxylic acids is 3. The summed E-state index contributed by atoms with van der Waals surface area (Å²) in [6, 6.07) is 12.5. The fourth-order valence-electron chi connectivity index (χ4n) is 3.31. The van der Waals surface area contributed by atoms with Gasteiger partial charge < -0.3 is 25.8 Å². The molecule has 0 radical (unpaired) electrons. The lowest BCUT2D eigenvalue weighted by Gasteiger charge is -2.22. The van der Waals surface area contributed by atoms with Gasteiger partial charge in [0.05, 0.1) is 11.6 Å². The summed E-state index contributed by atoms with van der Waals surface area (Å²) in [5.74, 6) is -2.55. The van der Waals surface area contributed by atoms with Crippen molar-refractivity contribution in [2.24, 2.45) is 0 Å². The normalized spacial score (nSPS) is 22.7. The van der Waals surface area contributed by atoms with Crippen molar-refractivity contribution in [1.82, 2.24) is 16.0 Å². The van der Waals surface area contributed by atoms with Crippen LogP contribution in [0.4, 0.5) is 0 Å². The van der Waals surface area contributed by atoms with E-state index in [0.717, 1.165) is 0 Å². The number of carbonyl (C=O) groups is 4. The first-order chi connectivity index (χ1) is 15.3. The van der Waals surface area contributed by atoms with E-state index in [4.69, 9.17) is 4.74 Å². The number of carboxylic acid groups (broad SMARTS) is 1. The molecule has 0 aliphatic carbocycles. The number of hydrogen-bond donors (Lipinski definition) is 4. The van der Waals surface area contributed by atoms with Crippen LogP contribution in [-0.4, -0.2) is 47.5 Å². The molecule has 3 amide bonds. The fourth-order valence-corrected chi connectivity index (χ4v) is 3.31. The maximum absolute atomic E-state index is 12.9. The molecule has 1 aliphatic rings. The lowest BCUT2D eigenvalue weighted by atomic mass is 10.0. The molecule has 0 saturated heterocycles. The van der Waals surface area contributed by atoms with Crippen LogP contribution in [0, 0.1) is 0 Å². The fraction of sp³-hybridized carbons (Fsp3) is 0.304. The third-order valence-electron chi connectivity index (χ3n) is 4.97. The molecule has 0 unspecified atom stereocenters. The standard InChI is InChI=1S/C23H25N3O6/c1-14-13-32-18-10-6-5-9-16(18)21(28)25-17(23(30)31)11-12-19(27)26-20(22(29)24-14)15-7-3-2-4-8-15/h2-10,14,17,20H,11-13H2,1H3,(H,24,29)(H,25,28)(H,26,27)(H,30,31)/t14-,17-,20-/m0/s1.